The molecule has 0 radical (unpaired) electrons. The van der Waals surface area contributed by atoms with Crippen LogP contribution in [0.4, 0.5) is 4.39 Å². The molecule has 12 heteroatoms. The zero-order chi connectivity index (χ0) is 29.9. The van der Waals surface area contributed by atoms with E-state index in [1.807, 2.05) is 42.1 Å². The molecule has 0 bridgehead atoms. The van der Waals surface area contributed by atoms with Crippen molar-refractivity contribution in [2.75, 3.05) is 6.54 Å². The van der Waals surface area contributed by atoms with Crippen molar-refractivity contribution in [1.29, 1.82) is 0 Å². The van der Waals surface area contributed by atoms with E-state index in [-0.39, 0.29) is 31.1 Å². The third-order valence-electron chi connectivity index (χ3n) is 8.61. The van der Waals surface area contributed by atoms with Crippen LogP contribution in [0.3, 0.4) is 0 Å². The van der Waals surface area contributed by atoms with E-state index in [9.17, 15) is 18.8 Å². The summed E-state index contributed by atoms with van der Waals surface area (Å²) in [6, 6.07) is 14.3. The number of aromatic nitrogens is 5. The Hall–Kier alpha value is -5.13. The number of fused-ring (bicyclic) bond motifs is 2. The van der Waals surface area contributed by atoms with Crippen LogP contribution < -0.4 is 11.1 Å². The fraction of sp³-hybridized carbons (Fsp3) is 0.290. The zero-order valence-electron chi connectivity index (χ0n) is 23.4. The van der Waals surface area contributed by atoms with Crippen LogP contribution in [0.5, 0.6) is 0 Å². The van der Waals surface area contributed by atoms with Gasteiger partial charge in [-0.1, -0.05) is 18.2 Å². The summed E-state index contributed by atoms with van der Waals surface area (Å²) in [7, 11) is 1.97. The van der Waals surface area contributed by atoms with Gasteiger partial charge in [-0.05, 0) is 59.7 Å². The number of carbonyl (C=O) groups excluding carboxylic acids is 3. The van der Waals surface area contributed by atoms with Crippen molar-refractivity contribution in [2.45, 2.75) is 43.6 Å². The van der Waals surface area contributed by atoms with E-state index in [4.69, 9.17) is 5.73 Å². The Morgan fingerprint density at radius 1 is 1.05 bits per heavy atom. The van der Waals surface area contributed by atoms with Gasteiger partial charge in [-0.2, -0.15) is 15.3 Å². The number of hydrogen-bond acceptors (Lipinski definition) is 6. The van der Waals surface area contributed by atoms with Crippen molar-refractivity contribution in [3.8, 4) is 11.1 Å². The Morgan fingerprint density at radius 3 is 2.63 bits per heavy atom. The fourth-order valence-corrected chi connectivity index (χ4v) is 6.14. The second-order valence-corrected chi connectivity index (χ2v) is 11.4. The van der Waals surface area contributed by atoms with E-state index in [0.717, 1.165) is 40.4 Å². The number of benzene rings is 2. The number of amides is 3. The maximum atomic E-state index is 14.7. The first-order valence-electron chi connectivity index (χ1n) is 14.1. The van der Waals surface area contributed by atoms with Gasteiger partial charge in [0.2, 0.25) is 11.8 Å². The molecule has 0 spiro atoms. The summed E-state index contributed by atoms with van der Waals surface area (Å²) in [5, 5.41) is 16.7. The summed E-state index contributed by atoms with van der Waals surface area (Å²) in [6.45, 7) is -0.480. The average Bonchev–Trinajstić information content (AvgIpc) is 3.33. The van der Waals surface area contributed by atoms with Crippen LogP contribution >= 0.6 is 0 Å². The quantitative estimate of drug-likeness (QED) is 0.303. The molecule has 2 atom stereocenters. The number of alkyl halides is 1. The van der Waals surface area contributed by atoms with Crippen LogP contribution in [0.2, 0.25) is 0 Å². The molecular formula is C31H29FN8O3. The van der Waals surface area contributed by atoms with Crippen LogP contribution in [0, 0.1) is 0 Å². The fourth-order valence-electron chi connectivity index (χ4n) is 6.14. The number of nitrogens with one attached hydrogen (secondary N) is 1. The summed E-state index contributed by atoms with van der Waals surface area (Å²) < 4.78 is 18.1. The number of hydrogen-bond donors (Lipinski definition) is 2. The molecule has 7 rings (SSSR count). The third-order valence-corrected chi connectivity index (χ3v) is 8.61. The molecule has 1 saturated heterocycles. The van der Waals surface area contributed by atoms with Gasteiger partial charge in [-0.25, -0.2) is 4.39 Å². The summed E-state index contributed by atoms with van der Waals surface area (Å²) >= 11 is 0. The zero-order valence-corrected chi connectivity index (χ0v) is 23.4. The number of likely N-dealkylation sites (tertiary alicyclic amines) is 1. The highest BCUT2D eigenvalue weighted by atomic mass is 19.1. The molecule has 1 aliphatic carbocycles. The van der Waals surface area contributed by atoms with Gasteiger partial charge in [0.1, 0.15) is 18.8 Å². The van der Waals surface area contributed by atoms with Gasteiger partial charge >= 0.3 is 0 Å². The number of nitrogens with two attached hydrogens (primary N) is 1. The lowest BCUT2D eigenvalue weighted by Gasteiger charge is -2.27. The van der Waals surface area contributed by atoms with E-state index in [0.29, 0.717) is 10.9 Å². The summed E-state index contributed by atoms with van der Waals surface area (Å²) in [5.74, 6) is -1.60. The summed E-state index contributed by atoms with van der Waals surface area (Å²) in [4.78, 5) is 40.7. The Morgan fingerprint density at radius 2 is 1.88 bits per heavy atom. The lowest BCUT2D eigenvalue weighted by molar-refractivity contribution is -0.139. The maximum Gasteiger partial charge on any atom is 0.269 e. The second-order valence-electron chi connectivity index (χ2n) is 11.4. The topological polar surface area (TPSA) is 141 Å². The molecular weight excluding hydrogens is 551 g/mol. The minimum atomic E-state index is -1.33. The van der Waals surface area contributed by atoms with Crippen LogP contribution in [0.25, 0.3) is 32.9 Å². The molecule has 2 aromatic carbocycles. The predicted octanol–water partition coefficient (Wildman–Crippen LogP) is 2.83. The summed E-state index contributed by atoms with van der Waals surface area (Å²) in [5.41, 5.74) is 9.22. The molecule has 5 aromatic rings. The lowest BCUT2D eigenvalue weighted by Crippen LogP contribution is -2.49. The Labute approximate surface area is 245 Å². The number of halogens is 1. The van der Waals surface area contributed by atoms with Gasteiger partial charge in [0.15, 0.2) is 5.69 Å². The molecule has 3 amide bonds. The molecule has 43 heavy (non-hydrogen) atoms. The second kappa shape index (κ2) is 10.0. The average molecular weight is 581 g/mol. The largest absolute Gasteiger partial charge is 0.364 e. The highest BCUT2D eigenvalue weighted by Gasteiger charge is 2.49. The van der Waals surface area contributed by atoms with E-state index in [1.165, 1.54) is 9.58 Å². The molecule has 2 unspecified atom stereocenters. The highest BCUT2D eigenvalue weighted by molar-refractivity contribution is 6.05. The van der Waals surface area contributed by atoms with Crippen molar-refractivity contribution in [2.24, 2.45) is 12.8 Å². The van der Waals surface area contributed by atoms with Crippen molar-refractivity contribution >= 4 is 39.5 Å². The van der Waals surface area contributed by atoms with Crippen molar-refractivity contribution in [3.63, 3.8) is 0 Å². The number of carbonyl (C=O) groups is 3. The Balaban J connectivity index is 1.13. The molecule has 2 aliphatic rings. The van der Waals surface area contributed by atoms with E-state index in [1.54, 1.807) is 30.6 Å². The van der Waals surface area contributed by atoms with E-state index >= 15 is 0 Å². The van der Waals surface area contributed by atoms with Gasteiger partial charge in [0.25, 0.3) is 5.91 Å². The molecule has 1 aliphatic heterocycles. The minimum absolute atomic E-state index is 0.0108. The molecule has 218 valence electrons. The Kier molecular flexibility index (Phi) is 6.22. The molecule has 11 nitrogen and oxygen atoms in total. The van der Waals surface area contributed by atoms with Gasteiger partial charge in [0, 0.05) is 36.1 Å². The first kappa shape index (κ1) is 26.7. The highest BCUT2D eigenvalue weighted by Crippen LogP contribution is 2.46. The van der Waals surface area contributed by atoms with Crippen molar-refractivity contribution in [3.05, 3.63) is 78.4 Å². The molecule has 2 fully saturated rings. The van der Waals surface area contributed by atoms with Crippen LogP contribution in [-0.2, 0) is 28.7 Å². The number of nitrogens with zero attached hydrogens (tertiary/aromatic N) is 6. The normalized spacial score (nSPS) is 19.2. The molecule has 3 N–H and O–H groups in total. The van der Waals surface area contributed by atoms with Gasteiger partial charge in [0.05, 0.1) is 30.0 Å². The summed E-state index contributed by atoms with van der Waals surface area (Å²) in [6.07, 6.45) is 5.26. The monoisotopic (exact) mass is 580 g/mol. The van der Waals surface area contributed by atoms with Crippen molar-refractivity contribution < 1.29 is 18.8 Å². The predicted molar refractivity (Wildman–Crippen MR) is 156 cm³/mol. The van der Waals surface area contributed by atoms with E-state index in [2.05, 4.69) is 26.7 Å². The number of aryl methyl sites for hydroxylation is 1. The van der Waals surface area contributed by atoms with Crippen LogP contribution in [0.1, 0.15) is 35.3 Å². The van der Waals surface area contributed by atoms with E-state index < -0.39 is 29.6 Å². The van der Waals surface area contributed by atoms with Crippen LogP contribution in [-0.4, -0.2) is 65.9 Å². The van der Waals surface area contributed by atoms with Gasteiger partial charge in [-0.15, -0.1) is 0 Å². The first-order valence-corrected chi connectivity index (χ1v) is 14.1. The smallest absolute Gasteiger partial charge is 0.269 e. The Bertz CT molecular complexity index is 1910. The first-order chi connectivity index (χ1) is 20.7. The minimum Gasteiger partial charge on any atom is -0.364 e. The van der Waals surface area contributed by atoms with Gasteiger partial charge in [-0.3, -0.25) is 19.1 Å². The standard InChI is InChI=1S/C31H29FN8O3/c1-38-11-7-18-2-4-21(13-25(18)38)31(8-9-31)36-30(43)26-14-22(32)16-39(26)27(41)17-40-24-5-3-19(20-6-10-34-35-15-20)12-23(24)28(37-40)29(33)42/h2-7,10-13,15,22,26H,8-9,14,16-17H2,1H3,(H2,33,42)(H,36,43). The number of primary amides is 1. The SMILES string of the molecule is Cn1ccc2ccc(C3(NC(=O)C4CC(F)CN4C(=O)Cn4nc(C(N)=O)c5cc(-c6ccnnc6)ccc54)CC3)cc21. The number of rotatable bonds is 7. The maximum absolute atomic E-state index is 14.7. The lowest BCUT2D eigenvalue weighted by atomic mass is 10.0. The van der Waals surface area contributed by atoms with Crippen molar-refractivity contribution in [1.82, 2.24) is 34.8 Å². The molecule has 1 saturated carbocycles. The van der Waals surface area contributed by atoms with Crippen LogP contribution in [0.15, 0.2) is 67.1 Å². The molecule has 4 heterocycles. The third kappa shape index (κ3) is 4.68. The molecule has 3 aromatic heterocycles. The van der Waals surface area contributed by atoms with Gasteiger partial charge < -0.3 is 20.5 Å².